The molecule has 2 N–H and O–H groups in total. The number of nitrogens with zero attached hydrogens (tertiary/aromatic N) is 1. The van der Waals surface area contributed by atoms with Gasteiger partial charge in [0.1, 0.15) is 0 Å². The lowest BCUT2D eigenvalue weighted by molar-refractivity contribution is 0.0910. The fraction of sp³-hybridized carbons (Fsp3) is 0.321. The lowest BCUT2D eigenvalue weighted by Crippen LogP contribution is -2.44. The van der Waals surface area contributed by atoms with Crippen LogP contribution in [0.1, 0.15) is 41.6 Å². The molecule has 0 atom stereocenters. The van der Waals surface area contributed by atoms with Crippen LogP contribution in [0.3, 0.4) is 0 Å². The largest absolute Gasteiger partial charge is 0.360 e. The summed E-state index contributed by atoms with van der Waals surface area (Å²) in [5, 5.41) is 7.76. The fourth-order valence-electron chi connectivity index (χ4n) is 4.96. The molecule has 1 aromatic heterocycles. The van der Waals surface area contributed by atoms with Crippen molar-refractivity contribution in [1.82, 2.24) is 15.2 Å². The summed E-state index contributed by atoms with van der Waals surface area (Å²) in [6.45, 7) is 3.22. The molecule has 5 heteroatoms. The standard InChI is InChI=1S/C28H30ClN3O/c29-23-11-8-21(9-12-23)28(33)31-24-14-17-32(18-15-24)16-4-3-6-22-19-30-27-25-7-2-1-5-20(25)10-13-26(22)27/h1-2,5,7-13,19,24,30H,3-4,6,14-18H2,(H,31,33). The highest BCUT2D eigenvalue weighted by Gasteiger charge is 2.21. The molecule has 1 aliphatic rings. The molecule has 0 unspecified atom stereocenters. The van der Waals surface area contributed by atoms with Gasteiger partial charge < -0.3 is 15.2 Å². The molecule has 2 heterocycles. The van der Waals surface area contributed by atoms with Gasteiger partial charge >= 0.3 is 0 Å². The normalized spacial score (nSPS) is 15.3. The Labute approximate surface area is 199 Å². The van der Waals surface area contributed by atoms with E-state index in [0.29, 0.717) is 10.6 Å². The third-order valence-corrected chi connectivity index (χ3v) is 7.12. The van der Waals surface area contributed by atoms with Gasteiger partial charge in [-0.05, 0) is 73.9 Å². The minimum absolute atomic E-state index is 0.00313. The Kier molecular flexibility index (Phi) is 6.65. The topological polar surface area (TPSA) is 48.1 Å². The van der Waals surface area contributed by atoms with Gasteiger partial charge in [-0.2, -0.15) is 0 Å². The van der Waals surface area contributed by atoms with Crippen LogP contribution in [0.25, 0.3) is 21.7 Å². The number of likely N-dealkylation sites (tertiary alicyclic amines) is 1. The van der Waals surface area contributed by atoms with Crippen molar-refractivity contribution in [3.8, 4) is 0 Å². The van der Waals surface area contributed by atoms with Gasteiger partial charge in [-0.1, -0.05) is 48.0 Å². The van der Waals surface area contributed by atoms with Crippen molar-refractivity contribution in [2.75, 3.05) is 19.6 Å². The lowest BCUT2D eigenvalue weighted by Gasteiger charge is -2.32. The molecule has 33 heavy (non-hydrogen) atoms. The Morgan fingerprint density at radius 2 is 1.76 bits per heavy atom. The van der Waals surface area contributed by atoms with Crippen molar-refractivity contribution in [2.45, 2.75) is 38.1 Å². The van der Waals surface area contributed by atoms with Crippen LogP contribution in [0.2, 0.25) is 5.02 Å². The Morgan fingerprint density at radius 1 is 0.970 bits per heavy atom. The molecule has 4 nitrogen and oxygen atoms in total. The van der Waals surface area contributed by atoms with Crippen molar-refractivity contribution >= 4 is 39.2 Å². The molecule has 4 aromatic rings. The number of unbranched alkanes of at least 4 members (excludes halogenated alkanes) is 1. The molecule has 1 saturated heterocycles. The molecule has 0 spiro atoms. The number of piperidine rings is 1. The third kappa shape index (κ3) is 5.07. The summed E-state index contributed by atoms with van der Waals surface area (Å²) in [4.78, 5) is 18.5. The van der Waals surface area contributed by atoms with Crippen LogP contribution in [-0.4, -0.2) is 41.5 Å². The Balaban J connectivity index is 1.06. The SMILES string of the molecule is O=C(NC1CCN(CCCCc2c[nH]c3c2ccc2ccccc23)CC1)c1ccc(Cl)cc1. The number of aromatic nitrogens is 1. The molecular weight excluding hydrogens is 430 g/mol. The van der Waals surface area contributed by atoms with Crippen LogP contribution in [-0.2, 0) is 6.42 Å². The molecule has 0 bridgehead atoms. The highest BCUT2D eigenvalue weighted by molar-refractivity contribution is 6.30. The summed E-state index contributed by atoms with van der Waals surface area (Å²) >= 11 is 5.91. The zero-order valence-corrected chi connectivity index (χ0v) is 19.6. The van der Waals surface area contributed by atoms with Gasteiger partial charge in [-0.25, -0.2) is 0 Å². The number of nitrogens with one attached hydrogen (secondary N) is 2. The number of benzene rings is 3. The average Bonchev–Trinajstić information content (AvgIpc) is 3.27. The maximum Gasteiger partial charge on any atom is 0.251 e. The van der Waals surface area contributed by atoms with Crippen molar-refractivity contribution in [1.29, 1.82) is 0 Å². The zero-order chi connectivity index (χ0) is 22.6. The number of hydrogen-bond acceptors (Lipinski definition) is 2. The van der Waals surface area contributed by atoms with E-state index in [9.17, 15) is 4.79 Å². The second-order valence-electron chi connectivity index (χ2n) is 9.08. The number of carbonyl (C=O) groups is 1. The highest BCUT2D eigenvalue weighted by Crippen LogP contribution is 2.27. The lowest BCUT2D eigenvalue weighted by atomic mass is 10.0. The summed E-state index contributed by atoms with van der Waals surface area (Å²) in [6.07, 6.45) is 7.69. The molecule has 0 aliphatic carbocycles. The quantitative estimate of drug-likeness (QED) is 0.323. The number of fused-ring (bicyclic) bond motifs is 3. The summed E-state index contributed by atoms with van der Waals surface area (Å²) in [6, 6.07) is 20.4. The van der Waals surface area contributed by atoms with Crippen molar-refractivity contribution < 1.29 is 4.79 Å². The smallest absolute Gasteiger partial charge is 0.251 e. The first-order valence-corrected chi connectivity index (χ1v) is 12.3. The Hall–Kier alpha value is -2.82. The maximum atomic E-state index is 12.4. The summed E-state index contributed by atoms with van der Waals surface area (Å²) in [7, 11) is 0. The van der Waals surface area contributed by atoms with Crippen molar-refractivity contribution in [3.63, 3.8) is 0 Å². The zero-order valence-electron chi connectivity index (χ0n) is 18.8. The number of halogens is 1. The predicted octanol–water partition coefficient (Wildman–Crippen LogP) is 6.19. The van der Waals surface area contributed by atoms with E-state index < -0.39 is 0 Å². The van der Waals surface area contributed by atoms with Gasteiger partial charge in [0.05, 0.1) is 5.52 Å². The molecule has 1 amide bonds. The summed E-state index contributed by atoms with van der Waals surface area (Å²) in [5.74, 6) is -0.00313. The number of carbonyl (C=O) groups excluding carboxylic acids is 1. The molecular formula is C28H30ClN3O. The fourth-order valence-corrected chi connectivity index (χ4v) is 5.09. The second-order valence-corrected chi connectivity index (χ2v) is 9.51. The first kappa shape index (κ1) is 22.0. The molecule has 170 valence electrons. The van der Waals surface area contributed by atoms with Gasteiger partial charge in [-0.3, -0.25) is 4.79 Å². The first-order chi connectivity index (χ1) is 16.2. The third-order valence-electron chi connectivity index (χ3n) is 6.87. The van der Waals surface area contributed by atoms with Crippen LogP contribution < -0.4 is 5.32 Å². The highest BCUT2D eigenvalue weighted by atomic mass is 35.5. The number of rotatable bonds is 7. The minimum atomic E-state index is -0.00313. The van der Waals surface area contributed by atoms with Crippen LogP contribution in [0.5, 0.6) is 0 Å². The van der Waals surface area contributed by atoms with E-state index in [1.54, 1.807) is 24.3 Å². The predicted molar refractivity (Wildman–Crippen MR) is 137 cm³/mol. The van der Waals surface area contributed by atoms with Crippen molar-refractivity contribution in [2.24, 2.45) is 0 Å². The van der Waals surface area contributed by atoms with Gasteiger partial charge in [0, 0.05) is 46.7 Å². The molecule has 5 rings (SSSR count). The average molecular weight is 460 g/mol. The maximum absolute atomic E-state index is 12.4. The molecule has 0 radical (unpaired) electrons. The Morgan fingerprint density at radius 3 is 2.58 bits per heavy atom. The van der Waals surface area contributed by atoms with E-state index in [4.69, 9.17) is 11.6 Å². The van der Waals surface area contributed by atoms with E-state index in [1.807, 2.05) is 0 Å². The van der Waals surface area contributed by atoms with Crippen LogP contribution in [0.15, 0.2) is 66.9 Å². The number of aromatic amines is 1. The van der Waals surface area contributed by atoms with Crippen molar-refractivity contribution in [3.05, 3.63) is 83.0 Å². The monoisotopic (exact) mass is 459 g/mol. The van der Waals surface area contributed by atoms with E-state index in [-0.39, 0.29) is 11.9 Å². The van der Waals surface area contributed by atoms with E-state index in [2.05, 4.69) is 57.8 Å². The van der Waals surface area contributed by atoms with Gasteiger partial charge in [0.2, 0.25) is 0 Å². The van der Waals surface area contributed by atoms with Crippen LogP contribution in [0.4, 0.5) is 0 Å². The second kappa shape index (κ2) is 9.98. The van der Waals surface area contributed by atoms with Gasteiger partial charge in [0.15, 0.2) is 0 Å². The molecule has 3 aromatic carbocycles. The number of aryl methyl sites for hydroxylation is 1. The Bertz CT molecular complexity index is 1240. The van der Waals surface area contributed by atoms with E-state index in [1.165, 1.54) is 40.1 Å². The molecule has 0 saturated carbocycles. The minimum Gasteiger partial charge on any atom is -0.360 e. The van der Waals surface area contributed by atoms with E-state index in [0.717, 1.165) is 38.9 Å². The molecule has 1 aliphatic heterocycles. The summed E-state index contributed by atoms with van der Waals surface area (Å²) < 4.78 is 0. The van der Waals surface area contributed by atoms with Gasteiger partial charge in [-0.15, -0.1) is 0 Å². The summed E-state index contributed by atoms with van der Waals surface area (Å²) in [5.41, 5.74) is 3.34. The van der Waals surface area contributed by atoms with Crippen LogP contribution >= 0.6 is 11.6 Å². The first-order valence-electron chi connectivity index (χ1n) is 11.9. The molecule has 1 fully saturated rings. The van der Waals surface area contributed by atoms with Crippen LogP contribution in [0, 0.1) is 0 Å². The number of amides is 1. The van der Waals surface area contributed by atoms with Gasteiger partial charge in [0.25, 0.3) is 5.91 Å². The number of H-pyrrole nitrogens is 1. The van der Waals surface area contributed by atoms with E-state index >= 15 is 0 Å². The number of hydrogen-bond donors (Lipinski definition) is 2.